The highest BCUT2D eigenvalue weighted by Crippen LogP contribution is 2.43. The molecule has 0 aromatic rings. The molecular weight excluding hydrogens is 248 g/mol. The van der Waals surface area contributed by atoms with E-state index < -0.39 is 0 Å². The molecule has 3 fully saturated rings. The van der Waals surface area contributed by atoms with Gasteiger partial charge in [-0.2, -0.15) is 11.8 Å². The summed E-state index contributed by atoms with van der Waals surface area (Å²) in [5, 5.41) is 4.94. The summed E-state index contributed by atoms with van der Waals surface area (Å²) in [4.78, 5) is 4.85. The maximum Gasteiger partial charge on any atom is 0.157 e. The summed E-state index contributed by atoms with van der Waals surface area (Å²) < 4.78 is 0.487. The van der Waals surface area contributed by atoms with Crippen LogP contribution in [0.25, 0.3) is 0 Å². The van der Waals surface area contributed by atoms with Gasteiger partial charge in [0.2, 0.25) is 0 Å². The molecular formula is C13H22N2S2. The van der Waals surface area contributed by atoms with Gasteiger partial charge in [-0.25, -0.2) is 0 Å². The number of amidine groups is 1. The standard InChI is InChI=1S/C13H22N2S2/c1-16-13(7-4-8-13)9-14-11-15-12(10-17-11)5-2-3-6-12/h2-10H2,1H3,(H,14,15). The van der Waals surface area contributed by atoms with Crippen LogP contribution in [0.3, 0.4) is 0 Å². The lowest BCUT2D eigenvalue weighted by Gasteiger charge is -2.39. The van der Waals surface area contributed by atoms with Crippen LogP contribution in [0.5, 0.6) is 0 Å². The summed E-state index contributed by atoms with van der Waals surface area (Å²) in [5.41, 5.74) is 0.426. The van der Waals surface area contributed by atoms with E-state index in [-0.39, 0.29) is 0 Å². The van der Waals surface area contributed by atoms with Crippen molar-refractivity contribution < 1.29 is 0 Å². The summed E-state index contributed by atoms with van der Waals surface area (Å²) in [5.74, 6) is 1.25. The molecule has 1 saturated heterocycles. The van der Waals surface area contributed by atoms with Crippen LogP contribution in [-0.2, 0) is 0 Å². The lowest BCUT2D eigenvalue weighted by molar-refractivity contribution is 0.372. The predicted molar refractivity (Wildman–Crippen MR) is 79.2 cm³/mol. The number of rotatable bonds is 3. The quantitative estimate of drug-likeness (QED) is 0.852. The van der Waals surface area contributed by atoms with Crippen molar-refractivity contribution in [3.8, 4) is 0 Å². The second-order valence-electron chi connectivity index (χ2n) is 5.76. The molecule has 4 heteroatoms. The van der Waals surface area contributed by atoms with E-state index in [1.165, 1.54) is 55.9 Å². The molecule has 0 unspecified atom stereocenters. The zero-order valence-electron chi connectivity index (χ0n) is 10.6. The Labute approximate surface area is 113 Å². The van der Waals surface area contributed by atoms with Gasteiger partial charge in [-0.3, -0.25) is 4.99 Å². The molecule has 3 aliphatic rings. The Morgan fingerprint density at radius 1 is 1.24 bits per heavy atom. The SMILES string of the molecule is CSC1(CN=C2NC3(CCCC3)CS2)CCC1. The van der Waals surface area contributed by atoms with Crippen molar-refractivity contribution in [2.24, 2.45) is 4.99 Å². The van der Waals surface area contributed by atoms with Gasteiger partial charge in [0.05, 0.1) is 6.54 Å². The Hall–Kier alpha value is 0.170. The van der Waals surface area contributed by atoms with Gasteiger partial charge >= 0.3 is 0 Å². The maximum atomic E-state index is 4.85. The normalized spacial score (nSPS) is 31.7. The fraction of sp³-hybridized carbons (Fsp3) is 0.923. The first-order chi connectivity index (χ1) is 8.26. The van der Waals surface area contributed by atoms with Gasteiger partial charge in [0.25, 0.3) is 0 Å². The second kappa shape index (κ2) is 4.69. The average molecular weight is 270 g/mol. The second-order valence-corrected chi connectivity index (χ2v) is 8.00. The lowest BCUT2D eigenvalue weighted by atomic mass is 9.84. The van der Waals surface area contributed by atoms with Crippen LogP contribution < -0.4 is 5.32 Å². The molecule has 1 aliphatic heterocycles. The number of hydrogen-bond acceptors (Lipinski definition) is 3. The molecule has 17 heavy (non-hydrogen) atoms. The van der Waals surface area contributed by atoms with Crippen molar-refractivity contribution in [3.05, 3.63) is 0 Å². The predicted octanol–water partition coefficient (Wildman–Crippen LogP) is 3.28. The third-order valence-electron chi connectivity index (χ3n) is 4.63. The molecule has 1 spiro atoms. The van der Waals surface area contributed by atoms with Crippen LogP contribution in [0.15, 0.2) is 4.99 Å². The first-order valence-corrected chi connectivity index (χ1v) is 8.98. The van der Waals surface area contributed by atoms with Gasteiger partial charge < -0.3 is 5.32 Å². The minimum Gasteiger partial charge on any atom is -0.359 e. The summed E-state index contributed by atoms with van der Waals surface area (Å²) in [7, 11) is 0. The third kappa shape index (κ3) is 2.35. The first kappa shape index (κ1) is 12.2. The Morgan fingerprint density at radius 3 is 2.59 bits per heavy atom. The number of hydrogen-bond donors (Lipinski definition) is 1. The molecule has 2 aliphatic carbocycles. The largest absolute Gasteiger partial charge is 0.359 e. The van der Waals surface area contributed by atoms with Gasteiger partial charge in [-0.05, 0) is 31.9 Å². The Morgan fingerprint density at radius 2 is 2.00 bits per heavy atom. The van der Waals surface area contributed by atoms with Crippen LogP contribution in [0.4, 0.5) is 0 Å². The number of aliphatic imine (C=N–C) groups is 1. The zero-order chi connectivity index (χ0) is 11.8. The molecule has 0 bridgehead atoms. The van der Waals surface area contributed by atoms with Crippen LogP contribution >= 0.6 is 23.5 Å². The summed E-state index contributed by atoms with van der Waals surface area (Å²) in [6.07, 6.45) is 11.9. The van der Waals surface area contributed by atoms with Crippen LogP contribution in [-0.4, -0.2) is 34.0 Å². The van der Waals surface area contributed by atoms with Crippen molar-refractivity contribution in [1.29, 1.82) is 0 Å². The van der Waals surface area contributed by atoms with Gasteiger partial charge in [0, 0.05) is 16.0 Å². The van der Waals surface area contributed by atoms with Gasteiger partial charge in [0.1, 0.15) is 0 Å². The molecule has 0 radical (unpaired) electrons. The number of nitrogens with one attached hydrogen (secondary N) is 1. The smallest absolute Gasteiger partial charge is 0.157 e. The lowest BCUT2D eigenvalue weighted by Crippen LogP contribution is -2.41. The molecule has 0 aromatic heterocycles. The number of nitrogens with zero attached hydrogens (tertiary/aromatic N) is 1. The van der Waals surface area contributed by atoms with E-state index in [9.17, 15) is 0 Å². The molecule has 2 nitrogen and oxygen atoms in total. The molecule has 1 heterocycles. The highest BCUT2D eigenvalue weighted by atomic mass is 32.2. The van der Waals surface area contributed by atoms with E-state index in [4.69, 9.17) is 4.99 Å². The Bertz CT molecular complexity index is 312. The van der Waals surface area contributed by atoms with Gasteiger partial charge in [-0.15, -0.1) is 0 Å². The highest BCUT2D eigenvalue weighted by Gasteiger charge is 2.40. The van der Waals surface area contributed by atoms with Crippen molar-refractivity contribution in [2.45, 2.75) is 55.2 Å². The van der Waals surface area contributed by atoms with Crippen molar-refractivity contribution >= 4 is 28.7 Å². The van der Waals surface area contributed by atoms with Gasteiger partial charge in [0.15, 0.2) is 5.17 Å². The topological polar surface area (TPSA) is 24.4 Å². The Balaban J connectivity index is 1.58. The van der Waals surface area contributed by atoms with E-state index in [1.54, 1.807) is 0 Å². The van der Waals surface area contributed by atoms with E-state index in [1.807, 2.05) is 23.5 Å². The van der Waals surface area contributed by atoms with Crippen LogP contribution in [0, 0.1) is 0 Å². The minimum atomic E-state index is 0.426. The van der Waals surface area contributed by atoms with E-state index in [2.05, 4.69) is 11.6 Å². The van der Waals surface area contributed by atoms with Crippen LogP contribution in [0.1, 0.15) is 44.9 Å². The highest BCUT2D eigenvalue weighted by molar-refractivity contribution is 8.14. The van der Waals surface area contributed by atoms with Crippen molar-refractivity contribution in [2.75, 3.05) is 18.6 Å². The van der Waals surface area contributed by atoms with Crippen molar-refractivity contribution in [3.63, 3.8) is 0 Å². The maximum absolute atomic E-state index is 4.85. The molecule has 0 atom stereocenters. The minimum absolute atomic E-state index is 0.426. The van der Waals surface area contributed by atoms with Crippen molar-refractivity contribution in [1.82, 2.24) is 5.32 Å². The summed E-state index contributed by atoms with van der Waals surface area (Å²) in [6, 6.07) is 0. The average Bonchev–Trinajstić information content (AvgIpc) is 2.89. The summed E-state index contributed by atoms with van der Waals surface area (Å²) >= 11 is 3.98. The van der Waals surface area contributed by atoms with E-state index in [0.29, 0.717) is 10.3 Å². The molecule has 3 rings (SSSR count). The Kier molecular flexibility index (Phi) is 3.37. The van der Waals surface area contributed by atoms with Gasteiger partial charge in [-0.1, -0.05) is 31.0 Å². The third-order valence-corrected chi connectivity index (χ3v) is 7.23. The monoisotopic (exact) mass is 270 g/mol. The molecule has 1 N–H and O–H groups in total. The first-order valence-electron chi connectivity index (χ1n) is 6.77. The molecule has 96 valence electrons. The van der Waals surface area contributed by atoms with E-state index >= 15 is 0 Å². The fourth-order valence-corrected chi connectivity index (χ4v) is 5.23. The van der Waals surface area contributed by atoms with E-state index in [0.717, 1.165) is 6.54 Å². The molecule has 0 aromatic carbocycles. The van der Waals surface area contributed by atoms with Crippen LogP contribution in [0.2, 0.25) is 0 Å². The number of thioether (sulfide) groups is 2. The molecule has 0 amide bonds. The zero-order valence-corrected chi connectivity index (χ0v) is 12.3. The molecule has 2 saturated carbocycles. The summed E-state index contributed by atoms with van der Waals surface area (Å²) in [6.45, 7) is 1.03. The fourth-order valence-electron chi connectivity index (χ4n) is 3.13.